The van der Waals surface area contributed by atoms with Crippen molar-refractivity contribution in [1.29, 1.82) is 0 Å². The van der Waals surface area contributed by atoms with Gasteiger partial charge in [-0.3, -0.25) is 14.3 Å². The minimum Gasteiger partial charge on any atom is -0.292 e. The number of hydrogen-bond donors (Lipinski definition) is 1. The number of aromatic amines is 1. The van der Waals surface area contributed by atoms with E-state index in [1.807, 2.05) is 13.8 Å². The molecule has 0 fully saturated rings. The van der Waals surface area contributed by atoms with Crippen LogP contribution in [0.5, 0.6) is 0 Å². The van der Waals surface area contributed by atoms with Gasteiger partial charge in [0.1, 0.15) is 5.65 Å². The highest BCUT2D eigenvalue weighted by Crippen LogP contribution is 2.09. The summed E-state index contributed by atoms with van der Waals surface area (Å²) in [5.41, 5.74) is -0.0423. The van der Waals surface area contributed by atoms with Crippen molar-refractivity contribution in [3.05, 3.63) is 39.2 Å². The lowest BCUT2D eigenvalue weighted by Crippen LogP contribution is -2.24. The lowest BCUT2D eigenvalue weighted by Gasteiger charge is -2.12. The Hall–Kier alpha value is -1.91. The molecule has 0 atom stereocenters. The fourth-order valence-corrected chi connectivity index (χ4v) is 1.58. The van der Waals surface area contributed by atoms with Crippen LogP contribution in [0, 0.1) is 0 Å². The second kappa shape index (κ2) is 3.34. The largest absolute Gasteiger partial charge is 0.346 e. The average molecular weight is 205 g/mol. The first-order chi connectivity index (χ1) is 7.09. The van der Waals surface area contributed by atoms with Gasteiger partial charge in [-0.2, -0.15) is 0 Å². The number of nitrogens with one attached hydrogen (secondary N) is 1. The van der Waals surface area contributed by atoms with E-state index >= 15 is 0 Å². The summed E-state index contributed by atoms with van der Waals surface area (Å²) in [5.74, 6) is 0. The highest BCUT2D eigenvalue weighted by Gasteiger charge is 2.06. The minimum atomic E-state index is -0.442. The molecule has 0 saturated carbocycles. The predicted octanol–water partition coefficient (Wildman–Crippen LogP) is 0.666. The van der Waals surface area contributed by atoms with Gasteiger partial charge in [-0.05, 0) is 19.9 Å². The quantitative estimate of drug-likeness (QED) is 0.743. The van der Waals surface area contributed by atoms with Crippen LogP contribution in [-0.4, -0.2) is 14.5 Å². The molecule has 0 aliphatic carbocycles. The molecule has 0 saturated heterocycles. The SMILES string of the molecule is CC(C)n1c(=O)ccc2cnc(=O)[nH]c21. The van der Waals surface area contributed by atoms with Crippen molar-refractivity contribution in [3.8, 4) is 0 Å². The molecule has 15 heavy (non-hydrogen) atoms. The van der Waals surface area contributed by atoms with Crippen molar-refractivity contribution in [2.24, 2.45) is 0 Å². The van der Waals surface area contributed by atoms with Gasteiger partial charge >= 0.3 is 5.69 Å². The Morgan fingerprint density at radius 2 is 2.07 bits per heavy atom. The maximum Gasteiger partial charge on any atom is 0.346 e. The lowest BCUT2D eigenvalue weighted by atomic mass is 10.3. The first kappa shape index (κ1) is 9.64. The van der Waals surface area contributed by atoms with Crippen LogP contribution < -0.4 is 11.2 Å². The normalized spacial score (nSPS) is 11.1. The zero-order chi connectivity index (χ0) is 11.0. The lowest BCUT2D eigenvalue weighted by molar-refractivity contribution is 0.594. The summed E-state index contributed by atoms with van der Waals surface area (Å²) >= 11 is 0. The van der Waals surface area contributed by atoms with Crippen molar-refractivity contribution in [2.75, 3.05) is 0 Å². The molecule has 0 aromatic carbocycles. The Bertz CT molecular complexity index is 605. The molecular weight excluding hydrogens is 194 g/mol. The maximum absolute atomic E-state index is 11.6. The van der Waals surface area contributed by atoms with E-state index in [2.05, 4.69) is 9.97 Å². The fourth-order valence-electron chi connectivity index (χ4n) is 1.58. The molecule has 0 aliphatic heterocycles. The number of rotatable bonds is 1. The van der Waals surface area contributed by atoms with Crippen LogP contribution in [0.1, 0.15) is 19.9 Å². The predicted molar refractivity (Wildman–Crippen MR) is 57.0 cm³/mol. The molecule has 5 nitrogen and oxygen atoms in total. The van der Waals surface area contributed by atoms with Crippen molar-refractivity contribution < 1.29 is 0 Å². The number of nitrogens with zero attached hydrogens (tertiary/aromatic N) is 2. The molecule has 0 unspecified atom stereocenters. The number of aromatic nitrogens is 3. The zero-order valence-electron chi connectivity index (χ0n) is 8.52. The Balaban J connectivity index is 2.97. The summed E-state index contributed by atoms with van der Waals surface area (Å²) in [7, 11) is 0. The molecular formula is C10H11N3O2. The summed E-state index contributed by atoms with van der Waals surface area (Å²) in [6, 6.07) is 3.13. The fraction of sp³-hybridized carbons (Fsp3) is 0.300. The van der Waals surface area contributed by atoms with Crippen LogP contribution in [-0.2, 0) is 0 Å². The van der Waals surface area contributed by atoms with Gasteiger partial charge in [0.15, 0.2) is 0 Å². The third-order valence-electron chi connectivity index (χ3n) is 2.22. The Morgan fingerprint density at radius 3 is 2.73 bits per heavy atom. The Kier molecular flexibility index (Phi) is 2.15. The molecule has 78 valence electrons. The number of hydrogen-bond acceptors (Lipinski definition) is 3. The van der Waals surface area contributed by atoms with Crippen LogP contribution in [0.4, 0.5) is 0 Å². The molecule has 0 bridgehead atoms. The Morgan fingerprint density at radius 1 is 1.33 bits per heavy atom. The standard InChI is InChI=1S/C10H11N3O2/c1-6(2)13-8(14)4-3-7-5-11-10(15)12-9(7)13/h3-6H,1-2H3,(H,11,12,15). The summed E-state index contributed by atoms with van der Waals surface area (Å²) in [5, 5.41) is 0.753. The Labute approximate surface area is 85.4 Å². The monoisotopic (exact) mass is 205 g/mol. The van der Waals surface area contributed by atoms with Crippen molar-refractivity contribution >= 4 is 11.0 Å². The van der Waals surface area contributed by atoms with E-state index < -0.39 is 5.69 Å². The van der Waals surface area contributed by atoms with Crippen LogP contribution >= 0.6 is 0 Å². The molecule has 2 rings (SSSR count). The highest BCUT2D eigenvalue weighted by atomic mass is 16.1. The molecule has 1 N–H and O–H groups in total. The van der Waals surface area contributed by atoms with E-state index in [4.69, 9.17) is 0 Å². The summed E-state index contributed by atoms with van der Waals surface area (Å²) in [4.78, 5) is 28.9. The van der Waals surface area contributed by atoms with Crippen LogP contribution in [0.2, 0.25) is 0 Å². The molecule has 0 spiro atoms. The van der Waals surface area contributed by atoms with Gasteiger partial charge in [-0.15, -0.1) is 0 Å². The van der Waals surface area contributed by atoms with Crippen molar-refractivity contribution in [1.82, 2.24) is 14.5 Å². The van der Waals surface area contributed by atoms with Crippen molar-refractivity contribution in [2.45, 2.75) is 19.9 Å². The van der Waals surface area contributed by atoms with Gasteiger partial charge < -0.3 is 0 Å². The molecule has 5 heteroatoms. The molecule has 0 aliphatic rings. The van der Waals surface area contributed by atoms with E-state index in [-0.39, 0.29) is 11.6 Å². The second-order valence-electron chi connectivity index (χ2n) is 3.63. The maximum atomic E-state index is 11.6. The van der Waals surface area contributed by atoms with E-state index in [0.29, 0.717) is 5.65 Å². The molecule has 2 aromatic rings. The van der Waals surface area contributed by atoms with Gasteiger partial charge in [0.05, 0.1) is 0 Å². The van der Waals surface area contributed by atoms with Gasteiger partial charge in [-0.1, -0.05) is 0 Å². The summed E-state index contributed by atoms with van der Waals surface area (Å²) in [6.07, 6.45) is 1.46. The molecule has 2 aromatic heterocycles. The van der Waals surface area contributed by atoms with E-state index in [1.165, 1.54) is 12.3 Å². The van der Waals surface area contributed by atoms with Gasteiger partial charge in [-0.25, -0.2) is 9.78 Å². The number of H-pyrrole nitrogens is 1. The number of pyridine rings is 1. The van der Waals surface area contributed by atoms with Gasteiger partial charge in [0.2, 0.25) is 0 Å². The average Bonchev–Trinajstić information content (AvgIpc) is 2.16. The zero-order valence-corrected chi connectivity index (χ0v) is 8.52. The first-order valence-electron chi connectivity index (χ1n) is 4.70. The molecule has 0 amide bonds. The topological polar surface area (TPSA) is 67.8 Å². The minimum absolute atomic E-state index is 0.000694. The van der Waals surface area contributed by atoms with Crippen LogP contribution in [0.3, 0.4) is 0 Å². The second-order valence-corrected chi connectivity index (χ2v) is 3.63. The smallest absolute Gasteiger partial charge is 0.292 e. The van der Waals surface area contributed by atoms with E-state index in [1.54, 1.807) is 10.6 Å². The van der Waals surface area contributed by atoms with Crippen LogP contribution in [0.15, 0.2) is 27.9 Å². The van der Waals surface area contributed by atoms with E-state index in [0.717, 1.165) is 5.39 Å². The molecule has 2 heterocycles. The van der Waals surface area contributed by atoms with E-state index in [9.17, 15) is 9.59 Å². The van der Waals surface area contributed by atoms with Crippen LogP contribution in [0.25, 0.3) is 11.0 Å². The highest BCUT2D eigenvalue weighted by molar-refractivity contribution is 5.73. The van der Waals surface area contributed by atoms with Gasteiger partial charge in [0.25, 0.3) is 5.56 Å². The number of fused-ring (bicyclic) bond motifs is 1. The first-order valence-corrected chi connectivity index (χ1v) is 4.70. The third-order valence-corrected chi connectivity index (χ3v) is 2.22. The van der Waals surface area contributed by atoms with Crippen molar-refractivity contribution in [3.63, 3.8) is 0 Å². The summed E-state index contributed by atoms with van der Waals surface area (Å²) in [6.45, 7) is 3.78. The van der Waals surface area contributed by atoms with Gasteiger partial charge in [0, 0.05) is 23.7 Å². The third kappa shape index (κ3) is 1.56. The molecule has 0 radical (unpaired) electrons. The summed E-state index contributed by atoms with van der Waals surface area (Å²) < 4.78 is 1.54.